The third-order valence-electron chi connectivity index (χ3n) is 3.27. The van der Waals surface area contributed by atoms with Crippen LogP contribution in [-0.2, 0) is 14.3 Å². The lowest BCUT2D eigenvalue weighted by molar-refractivity contribution is -0.122. The van der Waals surface area contributed by atoms with Crippen LogP contribution in [0, 0.1) is 5.92 Å². The van der Waals surface area contributed by atoms with Gasteiger partial charge in [-0.05, 0) is 18.8 Å². The van der Waals surface area contributed by atoms with Gasteiger partial charge in [0.25, 0.3) is 0 Å². The van der Waals surface area contributed by atoms with Gasteiger partial charge in [-0.25, -0.2) is 0 Å². The van der Waals surface area contributed by atoms with Crippen molar-refractivity contribution in [3.05, 3.63) is 0 Å². The molecule has 6 heteroatoms. The lowest BCUT2D eigenvalue weighted by atomic mass is 10.0. The summed E-state index contributed by atoms with van der Waals surface area (Å²) >= 11 is 0. The first kappa shape index (κ1) is 15.7. The van der Waals surface area contributed by atoms with Gasteiger partial charge in [0.15, 0.2) is 0 Å². The summed E-state index contributed by atoms with van der Waals surface area (Å²) in [6, 6.07) is 0.173. The molecule has 2 unspecified atom stereocenters. The summed E-state index contributed by atoms with van der Waals surface area (Å²) in [6.45, 7) is 4.62. The highest BCUT2D eigenvalue weighted by Gasteiger charge is 2.18. The van der Waals surface area contributed by atoms with E-state index in [1.807, 2.05) is 0 Å². The third kappa shape index (κ3) is 5.52. The Kier molecular flexibility index (Phi) is 7.58. The molecule has 0 aliphatic carbocycles. The molecule has 0 aromatic heterocycles. The number of carbonyl (C=O) groups excluding carboxylic acids is 1. The summed E-state index contributed by atoms with van der Waals surface area (Å²) in [6.07, 6.45) is 2.78. The zero-order chi connectivity index (χ0) is 11.9. The van der Waals surface area contributed by atoms with Gasteiger partial charge in [-0.15, -0.1) is 12.4 Å². The summed E-state index contributed by atoms with van der Waals surface area (Å²) in [5.74, 6) is 0.599. The predicted molar refractivity (Wildman–Crippen MR) is 71.0 cm³/mol. The zero-order valence-corrected chi connectivity index (χ0v) is 11.5. The van der Waals surface area contributed by atoms with Crippen LogP contribution in [0.15, 0.2) is 0 Å². The number of ether oxygens (including phenoxy) is 2. The molecule has 2 aliphatic heterocycles. The maximum absolute atomic E-state index is 11.7. The maximum Gasteiger partial charge on any atom is 0.221 e. The first-order valence-electron chi connectivity index (χ1n) is 6.50. The summed E-state index contributed by atoms with van der Waals surface area (Å²) in [5.41, 5.74) is 0. The van der Waals surface area contributed by atoms with E-state index in [2.05, 4.69) is 10.6 Å². The van der Waals surface area contributed by atoms with Gasteiger partial charge >= 0.3 is 0 Å². The molecule has 5 nitrogen and oxygen atoms in total. The van der Waals surface area contributed by atoms with Crippen LogP contribution in [0.5, 0.6) is 0 Å². The van der Waals surface area contributed by atoms with Gasteiger partial charge in [0.2, 0.25) is 5.91 Å². The Bertz CT molecular complexity index is 241. The Morgan fingerprint density at radius 1 is 1.28 bits per heavy atom. The van der Waals surface area contributed by atoms with E-state index < -0.39 is 0 Å². The number of hydrogen-bond acceptors (Lipinski definition) is 4. The molecule has 0 radical (unpaired) electrons. The maximum atomic E-state index is 11.7. The minimum Gasteiger partial charge on any atom is -0.381 e. The summed E-state index contributed by atoms with van der Waals surface area (Å²) in [4.78, 5) is 11.7. The highest BCUT2D eigenvalue weighted by molar-refractivity contribution is 5.85. The molecule has 2 heterocycles. The fraction of sp³-hybridized carbons (Fsp3) is 0.917. The van der Waals surface area contributed by atoms with Gasteiger partial charge in [0.05, 0.1) is 19.8 Å². The van der Waals surface area contributed by atoms with Crippen molar-refractivity contribution in [1.82, 2.24) is 10.6 Å². The molecule has 2 fully saturated rings. The highest BCUT2D eigenvalue weighted by Crippen LogP contribution is 2.12. The van der Waals surface area contributed by atoms with Crippen LogP contribution in [0.25, 0.3) is 0 Å². The number of amides is 1. The Morgan fingerprint density at radius 2 is 2.11 bits per heavy atom. The summed E-state index contributed by atoms with van der Waals surface area (Å²) < 4.78 is 10.7. The minimum absolute atomic E-state index is 0. The van der Waals surface area contributed by atoms with Gasteiger partial charge in [-0.1, -0.05) is 0 Å². The Labute approximate surface area is 114 Å². The van der Waals surface area contributed by atoms with E-state index in [0.717, 1.165) is 45.8 Å². The average molecular weight is 279 g/mol. The van der Waals surface area contributed by atoms with Crippen molar-refractivity contribution in [2.45, 2.75) is 25.3 Å². The van der Waals surface area contributed by atoms with E-state index in [1.165, 1.54) is 0 Å². The van der Waals surface area contributed by atoms with Crippen LogP contribution in [0.1, 0.15) is 19.3 Å². The molecule has 2 saturated heterocycles. The van der Waals surface area contributed by atoms with Crippen molar-refractivity contribution >= 4 is 18.3 Å². The van der Waals surface area contributed by atoms with Crippen molar-refractivity contribution in [2.75, 3.05) is 39.5 Å². The minimum atomic E-state index is 0. The highest BCUT2D eigenvalue weighted by atomic mass is 35.5. The van der Waals surface area contributed by atoms with Gasteiger partial charge in [-0.3, -0.25) is 4.79 Å². The quantitative estimate of drug-likeness (QED) is 0.778. The average Bonchev–Trinajstić information content (AvgIpc) is 2.39. The summed E-state index contributed by atoms with van der Waals surface area (Å²) in [5, 5.41) is 6.26. The molecule has 0 bridgehead atoms. The van der Waals surface area contributed by atoms with Crippen LogP contribution >= 0.6 is 12.4 Å². The molecule has 2 atom stereocenters. The number of hydrogen-bond donors (Lipinski definition) is 2. The summed E-state index contributed by atoms with van der Waals surface area (Å²) in [7, 11) is 0. The van der Waals surface area contributed by atoms with Crippen molar-refractivity contribution in [3.8, 4) is 0 Å². The fourth-order valence-corrected chi connectivity index (χ4v) is 2.27. The normalized spacial score (nSPS) is 28.2. The second-order valence-corrected chi connectivity index (χ2v) is 4.82. The Morgan fingerprint density at radius 3 is 2.78 bits per heavy atom. The molecule has 106 valence electrons. The number of nitrogens with one attached hydrogen (secondary N) is 2. The van der Waals surface area contributed by atoms with Gasteiger partial charge < -0.3 is 20.1 Å². The van der Waals surface area contributed by atoms with E-state index in [9.17, 15) is 4.79 Å². The molecule has 2 aliphatic rings. The van der Waals surface area contributed by atoms with Gasteiger partial charge in [0.1, 0.15) is 0 Å². The molecule has 0 saturated carbocycles. The van der Waals surface area contributed by atoms with Crippen LogP contribution in [0.4, 0.5) is 0 Å². The number of carbonyl (C=O) groups is 1. The SMILES string of the molecule is Cl.O=C(CC1COCCN1)NCC1CCCOC1. The Hall–Kier alpha value is -0.360. The van der Waals surface area contributed by atoms with Crippen LogP contribution in [-0.4, -0.2) is 51.5 Å². The molecule has 1 amide bonds. The second kappa shape index (κ2) is 8.69. The van der Waals surface area contributed by atoms with Crippen molar-refractivity contribution in [3.63, 3.8) is 0 Å². The van der Waals surface area contributed by atoms with Crippen LogP contribution in [0.3, 0.4) is 0 Å². The van der Waals surface area contributed by atoms with Crippen molar-refractivity contribution in [1.29, 1.82) is 0 Å². The molecule has 0 aromatic rings. The smallest absolute Gasteiger partial charge is 0.221 e. The van der Waals surface area contributed by atoms with E-state index >= 15 is 0 Å². The lowest BCUT2D eigenvalue weighted by Crippen LogP contribution is -2.45. The zero-order valence-electron chi connectivity index (χ0n) is 10.7. The topological polar surface area (TPSA) is 59.6 Å². The van der Waals surface area contributed by atoms with E-state index in [0.29, 0.717) is 18.9 Å². The van der Waals surface area contributed by atoms with E-state index in [-0.39, 0.29) is 24.4 Å². The van der Waals surface area contributed by atoms with Crippen LogP contribution < -0.4 is 10.6 Å². The first-order chi connectivity index (χ1) is 8.34. The lowest BCUT2D eigenvalue weighted by Gasteiger charge is -2.25. The van der Waals surface area contributed by atoms with Gasteiger partial charge in [-0.2, -0.15) is 0 Å². The molecule has 2 rings (SSSR count). The number of rotatable bonds is 4. The molecule has 0 aromatic carbocycles. The largest absolute Gasteiger partial charge is 0.381 e. The van der Waals surface area contributed by atoms with E-state index in [1.54, 1.807) is 0 Å². The van der Waals surface area contributed by atoms with Gasteiger partial charge in [0, 0.05) is 32.2 Å². The number of halogens is 1. The molecule has 0 spiro atoms. The van der Waals surface area contributed by atoms with E-state index in [4.69, 9.17) is 9.47 Å². The fourth-order valence-electron chi connectivity index (χ4n) is 2.27. The molecular weight excluding hydrogens is 256 g/mol. The monoisotopic (exact) mass is 278 g/mol. The predicted octanol–water partition coefficient (Wildman–Crippen LogP) is 0.330. The molecule has 2 N–H and O–H groups in total. The standard InChI is InChI=1S/C12H22N2O3.ClH/c15-12(6-11-9-17-5-3-13-11)14-7-10-2-1-4-16-8-10;/h10-11,13H,1-9H2,(H,14,15);1H. The number of morpholine rings is 1. The van der Waals surface area contributed by atoms with Crippen LogP contribution in [0.2, 0.25) is 0 Å². The third-order valence-corrected chi connectivity index (χ3v) is 3.27. The van der Waals surface area contributed by atoms with Crippen molar-refractivity contribution < 1.29 is 14.3 Å². The first-order valence-corrected chi connectivity index (χ1v) is 6.50. The van der Waals surface area contributed by atoms with Crippen molar-refractivity contribution in [2.24, 2.45) is 5.92 Å². The second-order valence-electron chi connectivity index (χ2n) is 4.82. The molecule has 18 heavy (non-hydrogen) atoms. The Balaban J connectivity index is 0.00000162. The molecular formula is C12H23ClN2O3.